The maximum absolute atomic E-state index is 13.8. The summed E-state index contributed by atoms with van der Waals surface area (Å²) in [5, 5.41) is 1.88. The quantitative estimate of drug-likeness (QED) is 0.820. The van der Waals surface area contributed by atoms with E-state index in [-0.39, 0.29) is 17.4 Å². The summed E-state index contributed by atoms with van der Waals surface area (Å²) in [7, 11) is -4.51. The molecule has 1 aromatic carbocycles. The molecule has 0 aliphatic rings. The number of nitrogens with zero attached hydrogens (tertiary/aromatic N) is 1. The van der Waals surface area contributed by atoms with Crippen molar-refractivity contribution in [3.8, 4) is 0 Å². The second kappa shape index (κ2) is 7.54. The topological polar surface area (TPSA) is 85.4 Å². The Labute approximate surface area is 147 Å². The zero-order valence-corrected chi connectivity index (χ0v) is 15.3. The lowest BCUT2D eigenvalue weighted by molar-refractivity contribution is 0.0760. The zero-order chi connectivity index (χ0) is 18.8. The number of aromatic nitrogens is 1. The van der Waals surface area contributed by atoms with Gasteiger partial charge in [0.15, 0.2) is 0 Å². The first-order valence-corrected chi connectivity index (χ1v) is 9.61. The molecule has 10 heteroatoms. The third-order valence-electron chi connectivity index (χ3n) is 3.25. The van der Waals surface area contributed by atoms with Crippen LogP contribution >= 0.6 is 11.3 Å². The van der Waals surface area contributed by atoms with E-state index < -0.39 is 32.5 Å². The first-order chi connectivity index (χ1) is 11.7. The van der Waals surface area contributed by atoms with Crippen LogP contribution in [0.1, 0.15) is 41.0 Å². The van der Waals surface area contributed by atoms with Crippen molar-refractivity contribution >= 4 is 27.3 Å². The first-order valence-electron chi connectivity index (χ1n) is 7.25. The highest BCUT2D eigenvalue weighted by molar-refractivity contribution is 7.90. The van der Waals surface area contributed by atoms with E-state index in [9.17, 15) is 22.0 Å². The fourth-order valence-electron chi connectivity index (χ4n) is 1.97. The van der Waals surface area contributed by atoms with Crippen molar-refractivity contribution in [2.75, 3.05) is 6.61 Å². The molecule has 2 aromatic rings. The van der Waals surface area contributed by atoms with Crippen LogP contribution in [0.5, 0.6) is 0 Å². The Kier molecular flexibility index (Phi) is 5.86. The van der Waals surface area contributed by atoms with E-state index in [1.807, 2.05) is 6.92 Å². The summed E-state index contributed by atoms with van der Waals surface area (Å²) in [6, 6.07) is 1.28. The smallest absolute Gasteiger partial charge is 0.284 e. The minimum atomic E-state index is -4.51. The number of hydrogen-bond donors (Lipinski definition) is 1. The molecule has 1 aromatic heterocycles. The average Bonchev–Trinajstić information content (AvgIpc) is 3.00. The van der Waals surface area contributed by atoms with E-state index >= 15 is 0 Å². The first kappa shape index (κ1) is 19.4. The summed E-state index contributed by atoms with van der Waals surface area (Å²) >= 11 is 1.14. The summed E-state index contributed by atoms with van der Waals surface area (Å²) in [4.78, 5) is 15.3. The summed E-state index contributed by atoms with van der Waals surface area (Å²) in [5.41, 5.74) is -0.190. The van der Waals surface area contributed by atoms with Crippen molar-refractivity contribution in [1.82, 2.24) is 9.71 Å². The van der Waals surface area contributed by atoms with Gasteiger partial charge in [-0.05, 0) is 32.4 Å². The molecule has 1 atom stereocenters. The second-order valence-corrected chi connectivity index (χ2v) is 7.68. The number of carbonyl (C=O) groups is 1. The summed E-state index contributed by atoms with van der Waals surface area (Å²) in [5.74, 6) is -3.17. The number of nitrogens with one attached hydrogen (secondary N) is 1. The lowest BCUT2D eigenvalue weighted by Gasteiger charge is -2.08. The molecule has 1 amide bonds. The molecule has 2 rings (SSSR count). The molecule has 0 spiro atoms. The number of halogens is 2. The Morgan fingerprint density at radius 3 is 2.68 bits per heavy atom. The molecule has 0 fully saturated rings. The van der Waals surface area contributed by atoms with Gasteiger partial charge >= 0.3 is 0 Å². The molecule has 0 bridgehead atoms. The Morgan fingerprint density at radius 2 is 2.04 bits per heavy atom. The van der Waals surface area contributed by atoms with Crippen molar-refractivity contribution in [1.29, 1.82) is 0 Å². The molecular formula is C15H16F2N2O4S2. The second-order valence-electron chi connectivity index (χ2n) is 5.13. The van der Waals surface area contributed by atoms with Gasteiger partial charge in [-0.1, -0.05) is 0 Å². The lowest BCUT2D eigenvalue weighted by Crippen LogP contribution is -2.31. The van der Waals surface area contributed by atoms with Gasteiger partial charge in [0.1, 0.15) is 33.3 Å². The fourth-order valence-corrected chi connectivity index (χ4v) is 3.87. The predicted molar refractivity (Wildman–Crippen MR) is 87.9 cm³/mol. The van der Waals surface area contributed by atoms with E-state index in [1.165, 1.54) is 12.3 Å². The van der Waals surface area contributed by atoms with Crippen molar-refractivity contribution in [2.24, 2.45) is 0 Å². The Hall–Kier alpha value is -1.91. The number of sulfonamides is 1. The van der Waals surface area contributed by atoms with Gasteiger partial charge in [0.2, 0.25) is 0 Å². The largest absolute Gasteiger partial charge is 0.372 e. The predicted octanol–water partition coefficient (Wildman–Crippen LogP) is 2.95. The number of rotatable bonds is 6. The summed E-state index contributed by atoms with van der Waals surface area (Å²) < 4.78 is 58.5. The molecule has 1 heterocycles. The number of benzene rings is 1. The van der Waals surface area contributed by atoms with Crippen LogP contribution in [0.4, 0.5) is 8.78 Å². The number of amides is 1. The van der Waals surface area contributed by atoms with Crippen LogP contribution in [0.15, 0.2) is 22.4 Å². The van der Waals surface area contributed by atoms with Gasteiger partial charge < -0.3 is 4.74 Å². The van der Waals surface area contributed by atoms with Gasteiger partial charge in [-0.25, -0.2) is 26.9 Å². The maximum atomic E-state index is 13.8. The molecule has 136 valence electrons. The molecule has 0 aliphatic heterocycles. The van der Waals surface area contributed by atoms with E-state index in [4.69, 9.17) is 4.74 Å². The van der Waals surface area contributed by atoms with Crippen LogP contribution in [0.3, 0.4) is 0 Å². The average molecular weight is 390 g/mol. The molecule has 0 unspecified atom stereocenters. The van der Waals surface area contributed by atoms with E-state index in [0.717, 1.165) is 17.4 Å². The highest BCUT2D eigenvalue weighted by atomic mass is 32.2. The molecule has 0 saturated heterocycles. The highest BCUT2D eigenvalue weighted by Crippen LogP contribution is 2.22. The number of aryl methyl sites for hydroxylation is 1. The zero-order valence-electron chi connectivity index (χ0n) is 13.7. The number of hydrogen-bond acceptors (Lipinski definition) is 6. The van der Waals surface area contributed by atoms with Crippen molar-refractivity contribution < 1.29 is 26.7 Å². The molecule has 25 heavy (non-hydrogen) atoms. The van der Waals surface area contributed by atoms with Gasteiger partial charge in [-0.2, -0.15) is 0 Å². The Bertz CT molecular complexity index is 897. The number of thiazole rings is 1. The van der Waals surface area contributed by atoms with Crippen LogP contribution in [0.25, 0.3) is 0 Å². The minimum Gasteiger partial charge on any atom is -0.372 e. The molecular weight excluding hydrogens is 374 g/mol. The summed E-state index contributed by atoms with van der Waals surface area (Å²) in [6.07, 6.45) is -0.342. The minimum absolute atomic E-state index is 0.0595. The highest BCUT2D eigenvalue weighted by Gasteiger charge is 2.25. The Morgan fingerprint density at radius 1 is 1.36 bits per heavy atom. The van der Waals surface area contributed by atoms with Gasteiger partial charge in [0, 0.05) is 18.1 Å². The number of ether oxygens (including phenoxy) is 1. The van der Waals surface area contributed by atoms with Crippen molar-refractivity contribution in [3.63, 3.8) is 0 Å². The molecule has 1 N–H and O–H groups in total. The van der Waals surface area contributed by atoms with Gasteiger partial charge in [0.05, 0.1) is 0 Å². The third-order valence-corrected chi connectivity index (χ3v) is 5.60. The molecule has 0 radical (unpaired) electrons. The fraction of sp³-hybridized carbons (Fsp3) is 0.333. The van der Waals surface area contributed by atoms with Crippen LogP contribution in [-0.2, 0) is 14.8 Å². The molecule has 0 saturated carbocycles. The van der Waals surface area contributed by atoms with Crippen LogP contribution in [-0.4, -0.2) is 25.9 Å². The standard InChI is InChI=1S/C15H16F2N2O4S2/c1-4-23-9(3)15-18-12(7-24-15)14(20)19-25(21,22)13-5-8(2)10(16)6-11(13)17/h5-7,9H,4H2,1-3H3,(H,19,20)/t9-/m1/s1. The normalized spacial score (nSPS) is 12.8. The monoisotopic (exact) mass is 390 g/mol. The Balaban J connectivity index is 2.24. The number of carbonyl (C=O) groups excluding carboxylic acids is 1. The van der Waals surface area contributed by atoms with Crippen LogP contribution in [0.2, 0.25) is 0 Å². The van der Waals surface area contributed by atoms with Gasteiger partial charge in [0.25, 0.3) is 15.9 Å². The third kappa shape index (κ3) is 4.39. The lowest BCUT2D eigenvalue weighted by atomic mass is 10.2. The van der Waals surface area contributed by atoms with Crippen LogP contribution in [0, 0.1) is 18.6 Å². The van der Waals surface area contributed by atoms with Crippen molar-refractivity contribution in [3.05, 3.63) is 45.4 Å². The maximum Gasteiger partial charge on any atom is 0.284 e. The molecule has 6 nitrogen and oxygen atoms in total. The SMILES string of the molecule is CCO[C@H](C)c1nc(C(=O)NS(=O)(=O)c2cc(C)c(F)cc2F)cs1. The van der Waals surface area contributed by atoms with Gasteiger partial charge in [-0.3, -0.25) is 4.79 Å². The van der Waals surface area contributed by atoms with Crippen LogP contribution < -0.4 is 4.72 Å². The summed E-state index contributed by atoms with van der Waals surface area (Å²) in [6.45, 7) is 5.30. The van der Waals surface area contributed by atoms with E-state index in [1.54, 1.807) is 11.6 Å². The van der Waals surface area contributed by atoms with Crippen molar-refractivity contribution in [2.45, 2.75) is 31.8 Å². The van der Waals surface area contributed by atoms with E-state index in [2.05, 4.69) is 4.98 Å². The molecule has 0 aliphatic carbocycles. The van der Waals surface area contributed by atoms with E-state index in [0.29, 0.717) is 17.7 Å². The van der Waals surface area contributed by atoms with Gasteiger partial charge in [-0.15, -0.1) is 11.3 Å².